The molecule has 0 aliphatic rings. The summed E-state index contributed by atoms with van der Waals surface area (Å²) in [4.78, 5) is 17.9. The number of rotatable bonds is 1. The highest BCUT2D eigenvalue weighted by atomic mass is 19.1. The number of aromatic amines is 1. The van der Waals surface area contributed by atoms with Crippen molar-refractivity contribution in [3.8, 4) is 0 Å². The maximum Gasteiger partial charge on any atom is 0.354 e. The minimum absolute atomic E-state index is 0.199. The van der Waals surface area contributed by atoms with Gasteiger partial charge < -0.3 is 9.72 Å². The van der Waals surface area contributed by atoms with Crippen LogP contribution in [0, 0.1) is 12.7 Å². The van der Waals surface area contributed by atoms with Crippen LogP contribution >= 0.6 is 0 Å². The van der Waals surface area contributed by atoms with E-state index in [0.29, 0.717) is 16.7 Å². The van der Waals surface area contributed by atoms with E-state index in [1.165, 1.54) is 19.2 Å². The third-order valence-electron chi connectivity index (χ3n) is 2.08. The van der Waals surface area contributed by atoms with Crippen LogP contribution < -0.4 is 0 Å². The highest BCUT2D eigenvalue weighted by molar-refractivity contribution is 5.93. The number of fused-ring (bicyclic) bond motifs is 1. The monoisotopic (exact) mass is 208 g/mol. The molecule has 0 amide bonds. The molecule has 4 nitrogen and oxygen atoms in total. The van der Waals surface area contributed by atoms with Gasteiger partial charge in [-0.1, -0.05) is 0 Å². The predicted octanol–water partition coefficient (Wildman–Crippen LogP) is 1.80. The van der Waals surface area contributed by atoms with E-state index in [9.17, 15) is 9.18 Å². The fourth-order valence-electron chi connectivity index (χ4n) is 1.40. The van der Waals surface area contributed by atoms with Crippen LogP contribution in [0.1, 0.15) is 16.2 Å². The lowest BCUT2D eigenvalue weighted by atomic mass is 10.3. The zero-order chi connectivity index (χ0) is 11.0. The van der Waals surface area contributed by atoms with Crippen LogP contribution in [0.4, 0.5) is 4.39 Å². The number of carbonyl (C=O) groups is 1. The van der Waals surface area contributed by atoms with Gasteiger partial charge in [0, 0.05) is 5.69 Å². The van der Waals surface area contributed by atoms with E-state index in [2.05, 4.69) is 14.7 Å². The van der Waals surface area contributed by atoms with Gasteiger partial charge in [-0.3, -0.25) is 0 Å². The summed E-state index contributed by atoms with van der Waals surface area (Å²) < 4.78 is 17.9. The van der Waals surface area contributed by atoms with Gasteiger partial charge >= 0.3 is 5.97 Å². The maximum absolute atomic E-state index is 13.4. The number of methoxy groups -OCH3 is 1. The molecule has 0 bridgehead atoms. The number of hydrogen-bond acceptors (Lipinski definition) is 3. The first kappa shape index (κ1) is 9.64. The van der Waals surface area contributed by atoms with Gasteiger partial charge in [-0.15, -0.1) is 0 Å². The summed E-state index contributed by atoms with van der Waals surface area (Å²) in [5, 5.41) is 0.293. The summed E-state index contributed by atoms with van der Waals surface area (Å²) in [5.74, 6) is -0.936. The summed E-state index contributed by atoms with van der Waals surface area (Å²) in [7, 11) is 1.27. The number of halogens is 1. The van der Waals surface area contributed by atoms with Crippen LogP contribution in [-0.2, 0) is 4.74 Å². The fraction of sp³-hybridized carbons (Fsp3) is 0.200. The summed E-state index contributed by atoms with van der Waals surface area (Å²) in [6, 6.07) is 2.71. The van der Waals surface area contributed by atoms with E-state index in [1.807, 2.05) is 0 Å². The zero-order valence-corrected chi connectivity index (χ0v) is 8.30. The first-order chi connectivity index (χ1) is 7.11. The second-order valence-corrected chi connectivity index (χ2v) is 3.18. The van der Waals surface area contributed by atoms with Gasteiger partial charge in [0.1, 0.15) is 17.2 Å². The Morgan fingerprint density at radius 3 is 2.93 bits per heavy atom. The molecular formula is C10H9FN2O2. The highest BCUT2D eigenvalue weighted by Crippen LogP contribution is 2.18. The topological polar surface area (TPSA) is 55.0 Å². The van der Waals surface area contributed by atoms with Gasteiger partial charge in [0.05, 0.1) is 12.5 Å². The van der Waals surface area contributed by atoms with Crippen LogP contribution in [0.3, 0.4) is 0 Å². The van der Waals surface area contributed by atoms with E-state index in [0.717, 1.165) is 0 Å². The molecule has 0 saturated carbocycles. The Morgan fingerprint density at radius 2 is 2.27 bits per heavy atom. The number of ether oxygens (including phenoxy) is 1. The van der Waals surface area contributed by atoms with E-state index in [-0.39, 0.29) is 5.69 Å². The Hall–Kier alpha value is -1.91. The molecule has 15 heavy (non-hydrogen) atoms. The number of aromatic nitrogens is 2. The Balaban J connectivity index is 2.65. The number of nitrogens with one attached hydrogen (secondary N) is 1. The maximum atomic E-state index is 13.4. The number of nitrogens with zero attached hydrogens (tertiary/aromatic N) is 1. The number of hydrogen-bond donors (Lipinski definition) is 1. The van der Waals surface area contributed by atoms with Gasteiger partial charge in [0.25, 0.3) is 0 Å². The standard InChI is InChI=1S/C10H9FN2O2/c1-5-3-7(11)6-4-8(10(14)15-2)13-9(6)12-5/h3-4H,1-2H3,(H,12,13). The molecule has 5 heteroatoms. The normalized spacial score (nSPS) is 10.6. The molecule has 0 aliphatic carbocycles. The third kappa shape index (κ3) is 1.56. The first-order valence-corrected chi connectivity index (χ1v) is 4.36. The van der Waals surface area contributed by atoms with Crippen molar-refractivity contribution in [3.05, 3.63) is 29.3 Å². The molecule has 78 valence electrons. The molecule has 2 aromatic heterocycles. The van der Waals surface area contributed by atoms with E-state index in [1.54, 1.807) is 6.92 Å². The number of H-pyrrole nitrogens is 1. The Kier molecular flexibility index (Phi) is 2.15. The predicted molar refractivity (Wildman–Crippen MR) is 52.1 cm³/mol. The molecule has 2 heterocycles. The SMILES string of the molecule is COC(=O)c1cc2c(F)cc(C)nc2[nH]1. The fourth-order valence-corrected chi connectivity index (χ4v) is 1.40. The van der Waals surface area contributed by atoms with E-state index in [4.69, 9.17) is 0 Å². The molecule has 2 aromatic rings. The number of aryl methyl sites for hydroxylation is 1. The lowest BCUT2D eigenvalue weighted by Gasteiger charge is -1.93. The number of esters is 1. The number of carbonyl (C=O) groups excluding carboxylic acids is 1. The van der Waals surface area contributed by atoms with E-state index < -0.39 is 11.8 Å². The molecule has 2 rings (SSSR count). The average Bonchev–Trinajstić information content (AvgIpc) is 2.60. The van der Waals surface area contributed by atoms with Crippen molar-refractivity contribution in [1.82, 2.24) is 9.97 Å². The van der Waals surface area contributed by atoms with Crippen LogP contribution in [0.2, 0.25) is 0 Å². The van der Waals surface area contributed by atoms with Gasteiger partial charge in [-0.25, -0.2) is 14.2 Å². The molecule has 0 radical (unpaired) electrons. The van der Waals surface area contributed by atoms with Crippen molar-refractivity contribution in [2.45, 2.75) is 6.92 Å². The molecular weight excluding hydrogens is 199 g/mol. The van der Waals surface area contributed by atoms with Crippen molar-refractivity contribution in [2.75, 3.05) is 7.11 Å². The highest BCUT2D eigenvalue weighted by Gasteiger charge is 2.13. The summed E-state index contributed by atoms with van der Waals surface area (Å²) in [6.07, 6.45) is 0. The third-order valence-corrected chi connectivity index (χ3v) is 2.08. The lowest BCUT2D eigenvalue weighted by molar-refractivity contribution is 0.0595. The molecule has 0 spiro atoms. The van der Waals surface area contributed by atoms with Crippen molar-refractivity contribution >= 4 is 17.0 Å². The second-order valence-electron chi connectivity index (χ2n) is 3.18. The van der Waals surface area contributed by atoms with Crippen molar-refractivity contribution < 1.29 is 13.9 Å². The van der Waals surface area contributed by atoms with E-state index >= 15 is 0 Å². The van der Waals surface area contributed by atoms with Gasteiger partial charge in [0.15, 0.2) is 0 Å². The molecule has 0 unspecified atom stereocenters. The molecule has 1 N–H and O–H groups in total. The lowest BCUT2D eigenvalue weighted by Crippen LogP contribution is -2.00. The quantitative estimate of drug-likeness (QED) is 0.727. The van der Waals surface area contributed by atoms with Crippen LogP contribution in [0.5, 0.6) is 0 Å². The van der Waals surface area contributed by atoms with Crippen molar-refractivity contribution in [2.24, 2.45) is 0 Å². The smallest absolute Gasteiger partial charge is 0.354 e. The van der Waals surface area contributed by atoms with Crippen molar-refractivity contribution in [1.29, 1.82) is 0 Å². The average molecular weight is 208 g/mol. The minimum atomic E-state index is -0.537. The molecule has 0 saturated heterocycles. The molecule has 0 aliphatic heterocycles. The van der Waals surface area contributed by atoms with Gasteiger partial charge in [-0.05, 0) is 19.1 Å². The van der Waals surface area contributed by atoms with Crippen LogP contribution in [0.25, 0.3) is 11.0 Å². The number of pyridine rings is 1. The summed E-state index contributed by atoms with van der Waals surface area (Å²) in [6.45, 7) is 1.68. The minimum Gasteiger partial charge on any atom is -0.464 e. The van der Waals surface area contributed by atoms with Crippen LogP contribution in [0.15, 0.2) is 12.1 Å². The van der Waals surface area contributed by atoms with Gasteiger partial charge in [0.2, 0.25) is 0 Å². The second kappa shape index (κ2) is 3.34. The summed E-state index contributed by atoms with van der Waals surface area (Å²) in [5.41, 5.74) is 1.11. The Bertz CT molecular complexity index is 533. The van der Waals surface area contributed by atoms with Crippen LogP contribution in [-0.4, -0.2) is 23.0 Å². The Labute approximate surface area is 85.1 Å². The molecule has 0 aromatic carbocycles. The largest absolute Gasteiger partial charge is 0.464 e. The summed E-state index contributed by atoms with van der Waals surface area (Å²) >= 11 is 0. The molecule has 0 fully saturated rings. The van der Waals surface area contributed by atoms with Gasteiger partial charge in [-0.2, -0.15) is 0 Å². The Morgan fingerprint density at radius 1 is 1.53 bits per heavy atom. The molecule has 0 atom stereocenters. The zero-order valence-electron chi connectivity index (χ0n) is 8.30. The van der Waals surface area contributed by atoms with Crippen molar-refractivity contribution in [3.63, 3.8) is 0 Å². The first-order valence-electron chi connectivity index (χ1n) is 4.36.